The van der Waals surface area contributed by atoms with E-state index >= 15 is 0 Å². The second-order valence-electron chi connectivity index (χ2n) is 5.67. The van der Waals surface area contributed by atoms with Crippen molar-refractivity contribution in [3.8, 4) is 11.4 Å². The Labute approximate surface area is 154 Å². The molecule has 8 heteroatoms. The maximum atomic E-state index is 13.0. The fourth-order valence-corrected chi connectivity index (χ4v) is 3.08. The third kappa shape index (κ3) is 4.20. The molecule has 0 saturated heterocycles. The Hall–Kier alpha value is -2.87. The highest BCUT2D eigenvalue weighted by Gasteiger charge is 2.15. The molecule has 0 aliphatic carbocycles. The van der Waals surface area contributed by atoms with Crippen LogP contribution in [0.1, 0.15) is 18.5 Å². The van der Waals surface area contributed by atoms with E-state index in [4.69, 9.17) is 5.84 Å². The zero-order chi connectivity index (χ0) is 18.5. The van der Waals surface area contributed by atoms with Crippen LogP contribution < -0.4 is 11.2 Å². The molecule has 134 valence electrons. The number of nitrogens with zero attached hydrogens (tertiary/aromatic N) is 3. The highest BCUT2D eigenvalue weighted by atomic mass is 32.2. The Kier molecular flexibility index (Phi) is 5.52. The fraction of sp³-hybridized carbons (Fsp3) is 0.167. The van der Waals surface area contributed by atoms with Gasteiger partial charge in [0, 0.05) is 5.56 Å². The Bertz CT molecular complexity index is 882. The van der Waals surface area contributed by atoms with Crippen LogP contribution in [0.25, 0.3) is 11.4 Å². The quantitative estimate of drug-likeness (QED) is 0.514. The molecule has 1 aromatic heterocycles. The van der Waals surface area contributed by atoms with Gasteiger partial charge in [-0.3, -0.25) is 4.79 Å². The highest BCUT2D eigenvalue weighted by Crippen LogP contribution is 2.22. The van der Waals surface area contributed by atoms with E-state index in [0.717, 1.165) is 5.56 Å². The van der Waals surface area contributed by atoms with Crippen molar-refractivity contribution in [2.45, 2.75) is 18.1 Å². The molecule has 0 radical (unpaired) electrons. The molecule has 0 spiro atoms. The van der Waals surface area contributed by atoms with Gasteiger partial charge in [-0.15, -0.1) is 10.2 Å². The molecule has 0 fully saturated rings. The summed E-state index contributed by atoms with van der Waals surface area (Å²) in [5.41, 5.74) is 1.68. The van der Waals surface area contributed by atoms with E-state index < -0.39 is 0 Å². The molecule has 3 N–H and O–H groups in total. The Morgan fingerprint density at radius 2 is 1.88 bits per heavy atom. The lowest BCUT2D eigenvalue weighted by molar-refractivity contribution is -0.119. The second kappa shape index (κ2) is 8.01. The van der Waals surface area contributed by atoms with Crippen LogP contribution in [0.5, 0.6) is 0 Å². The maximum Gasteiger partial charge on any atom is 0.230 e. The minimum absolute atomic E-state index is 0.0881. The molecular formula is C18H18FN5OS. The topological polar surface area (TPSA) is 85.8 Å². The zero-order valence-corrected chi connectivity index (χ0v) is 14.9. The van der Waals surface area contributed by atoms with E-state index in [-0.39, 0.29) is 23.5 Å². The summed E-state index contributed by atoms with van der Waals surface area (Å²) in [5.74, 6) is 6.10. The van der Waals surface area contributed by atoms with Crippen molar-refractivity contribution in [1.29, 1.82) is 0 Å². The van der Waals surface area contributed by atoms with Gasteiger partial charge in [0.2, 0.25) is 11.1 Å². The lowest BCUT2D eigenvalue weighted by Crippen LogP contribution is -2.28. The van der Waals surface area contributed by atoms with Crippen molar-refractivity contribution in [1.82, 2.24) is 20.2 Å². The molecule has 3 rings (SSSR count). The molecular weight excluding hydrogens is 353 g/mol. The number of halogens is 1. The summed E-state index contributed by atoms with van der Waals surface area (Å²) < 4.78 is 14.3. The first-order valence-electron chi connectivity index (χ1n) is 7.98. The number of aromatic nitrogens is 3. The van der Waals surface area contributed by atoms with Crippen molar-refractivity contribution in [3.63, 3.8) is 0 Å². The fourth-order valence-electron chi connectivity index (χ4n) is 2.41. The van der Waals surface area contributed by atoms with E-state index in [1.54, 1.807) is 12.1 Å². The first kappa shape index (κ1) is 17.9. The summed E-state index contributed by atoms with van der Waals surface area (Å²) in [4.78, 5) is 12.2. The SMILES string of the molecule is CC(NC(=O)CSc1nnc(-c2ccc(F)cc2)n1N)c1ccccc1. The van der Waals surface area contributed by atoms with Crippen molar-refractivity contribution < 1.29 is 9.18 Å². The normalized spacial score (nSPS) is 11.9. The van der Waals surface area contributed by atoms with Crippen molar-refractivity contribution in [2.75, 3.05) is 11.6 Å². The Balaban J connectivity index is 1.60. The highest BCUT2D eigenvalue weighted by molar-refractivity contribution is 7.99. The zero-order valence-electron chi connectivity index (χ0n) is 14.1. The molecule has 0 saturated carbocycles. The summed E-state index contributed by atoms with van der Waals surface area (Å²) in [6.07, 6.45) is 0. The third-order valence-electron chi connectivity index (χ3n) is 3.78. The molecule has 0 bridgehead atoms. The van der Waals surface area contributed by atoms with E-state index in [1.807, 2.05) is 37.3 Å². The molecule has 2 aromatic carbocycles. The number of thioether (sulfide) groups is 1. The predicted molar refractivity (Wildman–Crippen MR) is 99.3 cm³/mol. The Morgan fingerprint density at radius 1 is 1.19 bits per heavy atom. The Morgan fingerprint density at radius 3 is 2.58 bits per heavy atom. The van der Waals surface area contributed by atoms with Gasteiger partial charge in [-0.2, -0.15) is 0 Å². The number of nitrogens with one attached hydrogen (secondary N) is 1. The van der Waals surface area contributed by atoms with Crippen LogP contribution in [-0.4, -0.2) is 26.5 Å². The van der Waals surface area contributed by atoms with Crippen LogP contribution in [0.2, 0.25) is 0 Å². The van der Waals surface area contributed by atoms with Crippen LogP contribution in [-0.2, 0) is 4.79 Å². The van der Waals surface area contributed by atoms with Gasteiger partial charge in [-0.25, -0.2) is 9.07 Å². The van der Waals surface area contributed by atoms with Crippen molar-refractivity contribution in [3.05, 3.63) is 66.0 Å². The largest absolute Gasteiger partial charge is 0.349 e. The number of rotatable bonds is 6. The first-order valence-corrected chi connectivity index (χ1v) is 8.96. The molecule has 6 nitrogen and oxygen atoms in total. The van der Waals surface area contributed by atoms with Gasteiger partial charge in [0.05, 0.1) is 11.8 Å². The van der Waals surface area contributed by atoms with E-state index in [0.29, 0.717) is 16.5 Å². The molecule has 0 aliphatic rings. The van der Waals surface area contributed by atoms with E-state index in [1.165, 1.54) is 28.6 Å². The van der Waals surface area contributed by atoms with Gasteiger partial charge in [-0.1, -0.05) is 42.1 Å². The van der Waals surface area contributed by atoms with Gasteiger partial charge in [0.25, 0.3) is 0 Å². The van der Waals surface area contributed by atoms with Crippen LogP contribution >= 0.6 is 11.8 Å². The van der Waals surface area contributed by atoms with E-state index in [9.17, 15) is 9.18 Å². The van der Waals surface area contributed by atoms with Crippen LogP contribution in [0.3, 0.4) is 0 Å². The number of nitrogens with two attached hydrogens (primary N) is 1. The summed E-state index contributed by atoms with van der Waals surface area (Å²) >= 11 is 1.19. The van der Waals surface area contributed by atoms with Gasteiger partial charge >= 0.3 is 0 Å². The smallest absolute Gasteiger partial charge is 0.230 e. The first-order chi connectivity index (χ1) is 12.5. The number of benzene rings is 2. The van der Waals surface area contributed by atoms with Crippen molar-refractivity contribution in [2.24, 2.45) is 0 Å². The van der Waals surface area contributed by atoms with Gasteiger partial charge in [-0.05, 0) is 36.8 Å². The van der Waals surface area contributed by atoms with Gasteiger partial charge < -0.3 is 11.2 Å². The van der Waals surface area contributed by atoms with Crippen molar-refractivity contribution >= 4 is 17.7 Å². The van der Waals surface area contributed by atoms with Gasteiger partial charge in [0.1, 0.15) is 5.82 Å². The van der Waals surface area contributed by atoms with Crippen LogP contribution in [0.15, 0.2) is 59.8 Å². The summed E-state index contributed by atoms with van der Waals surface area (Å²) in [6.45, 7) is 1.93. The molecule has 1 atom stereocenters. The molecule has 1 amide bonds. The van der Waals surface area contributed by atoms with Crippen LogP contribution in [0.4, 0.5) is 4.39 Å². The number of hydrogen-bond donors (Lipinski definition) is 2. The molecule has 1 unspecified atom stereocenters. The second-order valence-corrected chi connectivity index (χ2v) is 6.61. The lowest BCUT2D eigenvalue weighted by Gasteiger charge is -2.13. The third-order valence-corrected chi connectivity index (χ3v) is 4.72. The maximum absolute atomic E-state index is 13.0. The number of amides is 1. The molecule has 3 aromatic rings. The summed E-state index contributed by atoms with van der Waals surface area (Å²) in [6, 6.07) is 15.4. The number of carbonyl (C=O) groups is 1. The number of nitrogen functional groups attached to an aromatic ring is 1. The molecule has 26 heavy (non-hydrogen) atoms. The average Bonchev–Trinajstić information content (AvgIpc) is 3.02. The molecule has 1 heterocycles. The lowest BCUT2D eigenvalue weighted by atomic mass is 10.1. The minimum Gasteiger partial charge on any atom is -0.349 e. The predicted octanol–water partition coefficient (Wildman–Crippen LogP) is 2.77. The standard InChI is InChI=1S/C18H18FN5OS/c1-12(13-5-3-2-4-6-13)21-16(25)11-26-18-23-22-17(24(18)20)14-7-9-15(19)10-8-14/h2-10,12H,11,20H2,1H3,(H,21,25). The summed E-state index contributed by atoms with van der Waals surface area (Å²) in [5, 5.41) is 11.4. The van der Waals surface area contributed by atoms with Gasteiger partial charge in [0.15, 0.2) is 5.82 Å². The average molecular weight is 371 g/mol. The van der Waals surface area contributed by atoms with Crippen LogP contribution in [0, 0.1) is 5.82 Å². The number of carbonyl (C=O) groups excluding carboxylic acids is 1. The summed E-state index contributed by atoms with van der Waals surface area (Å²) in [7, 11) is 0. The molecule has 0 aliphatic heterocycles. The number of hydrogen-bond acceptors (Lipinski definition) is 5. The monoisotopic (exact) mass is 371 g/mol. The van der Waals surface area contributed by atoms with E-state index in [2.05, 4.69) is 15.5 Å². The minimum atomic E-state index is -0.337.